The van der Waals surface area contributed by atoms with Gasteiger partial charge in [-0.25, -0.2) is 8.42 Å². The van der Waals surface area contributed by atoms with E-state index in [1.807, 2.05) is 36.1 Å². The van der Waals surface area contributed by atoms with Crippen molar-refractivity contribution in [3.63, 3.8) is 0 Å². The molecule has 0 saturated carbocycles. The standard InChI is InChI=1S/C17H26N2O4S/c1-14-6-4-5-7-16(14)23-10-9-18(2)17(20)12-19(3)15-8-11-24(21,22)13-15/h4-7,15H,8-13H2,1-3H3/t15-/m0/s1. The summed E-state index contributed by atoms with van der Waals surface area (Å²) in [7, 11) is 0.613. The Kier molecular flexibility index (Phi) is 6.23. The molecule has 1 heterocycles. The van der Waals surface area contributed by atoms with Crippen LogP contribution in [0.15, 0.2) is 24.3 Å². The van der Waals surface area contributed by atoms with Crippen molar-refractivity contribution in [3.8, 4) is 5.75 Å². The molecular formula is C17H26N2O4S. The van der Waals surface area contributed by atoms with Crippen LogP contribution in [0.3, 0.4) is 0 Å². The number of rotatable bonds is 7. The molecule has 1 aliphatic heterocycles. The number of hydrogen-bond donors (Lipinski definition) is 0. The number of likely N-dealkylation sites (N-methyl/N-ethyl adjacent to an activating group) is 2. The summed E-state index contributed by atoms with van der Waals surface area (Å²) < 4.78 is 28.8. The molecule has 7 heteroatoms. The molecule has 1 fully saturated rings. The van der Waals surface area contributed by atoms with Crippen molar-refractivity contribution >= 4 is 15.7 Å². The van der Waals surface area contributed by atoms with E-state index in [-0.39, 0.29) is 30.0 Å². The number of amides is 1. The number of benzene rings is 1. The molecule has 1 saturated heterocycles. The second kappa shape index (κ2) is 7.98. The average molecular weight is 354 g/mol. The molecule has 134 valence electrons. The molecule has 1 amide bonds. The van der Waals surface area contributed by atoms with Crippen molar-refractivity contribution in [2.45, 2.75) is 19.4 Å². The molecule has 0 unspecified atom stereocenters. The van der Waals surface area contributed by atoms with Crippen molar-refractivity contribution in [2.75, 3.05) is 45.3 Å². The van der Waals surface area contributed by atoms with Crippen LogP contribution in [0.4, 0.5) is 0 Å². The zero-order chi connectivity index (χ0) is 17.7. The Labute approximate surface area is 144 Å². The summed E-state index contributed by atoms with van der Waals surface area (Å²) in [5.41, 5.74) is 1.06. The molecular weight excluding hydrogens is 328 g/mol. The van der Waals surface area contributed by atoms with E-state index < -0.39 is 9.84 Å². The molecule has 0 aromatic heterocycles. The molecule has 1 aliphatic rings. The summed E-state index contributed by atoms with van der Waals surface area (Å²) >= 11 is 0. The summed E-state index contributed by atoms with van der Waals surface area (Å²) in [4.78, 5) is 15.7. The van der Waals surface area contributed by atoms with Gasteiger partial charge in [-0.05, 0) is 32.0 Å². The van der Waals surface area contributed by atoms with E-state index in [1.54, 1.807) is 19.0 Å². The molecule has 2 rings (SSSR count). The SMILES string of the molecule is Cc1ccccc1OCCN(C)C(=O)CN(C)[C@H]1CCS(=O)(=O)C1. The molecule has 1 atom stereocenters. The minimum Gasteiger partial charge on any atom is -0.491 e. The number of ether oxygens (including phenoxy) is 1. The lowest BCUT2D eigenvalue weighted by Crippen LogP contribution is -2.42. The highest BCUT2D eigenvalue weighted by molar-refractivity contribution is 7.91. The van der Waals surface area contributed by atoms with E-state index in [0.717, 1.165) is 11.3 Å². The number of aryl methyl sites for hydroxylation is 1. The van der Waals surface area contributed by atoms with Crippen LogP contribution >= 0.6 is 0 Å². The predicted molar refractivity (Wildman–Crippen MR) is 94.0 cm³/mol. The summed E-state index contributed by atoms with van der Waals surface area (Å²) in [6.45, 7) is 3.12. The van der Waals surface area contributed by atoms with Crippen LogP contribution in [-0.4, -0.2) is 75.5 Å². The summed E-state index contributed by atoms with van der Waals surface area (Å²) in [5, 5.41) is 0. The second-order valence-corrected chi connectivity index (χ2v) is 8.63. The highest BCUT2D eigenvalue weighted by atomic mass is 32.2. The minimum atomic E-state index is -2.93. The predicted octanol–water partition coefficient (Wildman–Crippen LogP) is 0.951. The van der Waals surface area contributed by atoms with Crippen molar-refractivity contribution in [1.82, 2.24) is 9.80 Å². The van der Waals surface area contributed by atoms with Gasteiger partial charge >= 0.3 is 0 Å². The maximum absolute atomic E-state index is 12.3. The smallest absolute Gasteiger partial charge is 0.236 e. The van der Waals surface area contributed by atoms with E-state index in [2.05, 4.69) is 0 Å². The zero-order valence-electron chi connectivity index (χ0n) is 14.6. The van der Waals surface area contributed by atoms with Gasteiger partial charge in [-0.15, -0.1) is 0 Å². The zero-order valence-corrected chi connectivity index (χ0v) is 15.4. The normalized spacial score (nSPS) is 19.4. The highest BCUT2D eigenvalue weighted by Crippen LogP contribution is 2.17. The Hall–Kier alpha value is -1.60. The first-order valence-corrected chi connectivity index (χ1v) is 9.94. The van der Waals surface area contributed by atoms with Crippen LogP contribution in [0.1, 0.15) is 12.0 Å². The van der Waals surface area contributed by atoms with Gasteiger partial charge in [-0.2, -0.15) is 0 Å². The minimum absolute atomic E-state index is 0.0322. The fourth-order valence-corrected chi connectivity index (χ4v) is 4.53. The lowest BCUT2D eigenvalue weighted by molar-refractivity contribution is -0.131. The van der Waals surface area contributed by atoms with Gasteiger partial charge < -0.3 is 9.64 Å². The molecule has 1 aromatic carbocycles. The van der Waals surface area contributed by atoms with Crippen molar-refractivity contribution < 1.29 is 17.9 Å². The van der Waals surface area contributed by atoms with Crippen molar-refractivity contribution in [3.05, 3.63) is 29.8 Å². The van der Waals surface area contributed by atoms with Gasteiger partial charge in [0.1, 0.15) is 12.4 Å². The Morgan fingerprint density at radius 1 is 1.29 bits per heavy atom. The van der Waals surface area contributed by atoms with Crippen LogP contribution in [0, 0.1) is 6.92 Å². The molecule has 0 aliphatic carbocycles. The monoisotopic (exact) mass is 354 g/mol. The van der Waals surface area contributed by atoms with Gasteiger partial charge in [0.15, 0.2) is 9.84 Å². The number of carbonyl (C=O) groups is 1. The first-order chi connectivity index (χ1) is 11.3. The molecule has 24 heavy (non-hydrogen) atoms. The van der Waals surface area contributed by atoms with Gasteiger partial charge in [0.2, 0.25) is 5.91 Å². The number of sulfone groups is 1. The first-order valence-electron chi connectivity index (χ1n) is 8.11. The van der Waals surface area contributed by atoms with Crippen LogP contribution in [0.5, 0.6) is 5.75 Å². The quantitative estimate of drug-likeness (QED) is 0.729. The van der Waals surface area contributed by atoms with Gasteiger partial charge in [-0.3, -0.25) is 9.69 Å². The molecule has 0 bridgehead atoms. The third kappa shape index (κ3) is 5.21. The van der Waals surface area contributed by atoms with Crippen LogP contribution in [0.2, 0.25) is 0 Å². The number of para-hydroxylation sites is 1. The maximum Gasteiger partial charge on any atom is 0.236 e. The van der Waals surface area contributed by atoms with Gasteiger partial charge in [0, 0.05) is 13.1 Å². The van der Waals surface area contributed by atoms with E-state index in [4.69, 9.17) is 4.74 Å². The fourth-order valence-electron chi connectivity index (χ4n) is 2.72. The molecule has 6 nitrogen and oxygen atoms in total. The maximum atomic E-state index is 12.3. The molecule has 0 N–H and O–H groups in total. The third-order valence-electron chi connectivity index (χ3n) is 4.42. The Morgan fingerprint density at radius 3 is 2.62 bits per heavy atom. The highest BCUT2D eigenvalue weighted by Gasteiger charge is 2.31. The van der Waals surface area contributed by atoms with Gasteiger partial charge in [0.25, 0.3) is 0 Å². The first kappa shape index (κ1) is 18.7. The van der Waals surface area contributed by atoms with Gasteiger partial charge in [-0.1, -0.05) is 18.2 Å². The van der Waals surface area contributed by atoms with E-state index in [1.165, 1.54) is 0 Å². The third-order valence-corrected chi connectivity index (χ3v) is 6.17. The Balaban J connectivity index is 1.75. The molecule has 0 radical (unpaired) electrons. The van der Waals surface area contributed by atoms with Crippen LogP contribution < -0.4 is 4.74 Å². The Bertz CT molecular complexity index is 675. The number of hydrogen-bond acceptors (Lipinski definition) is 5. The van der Waals surface area contributed by atoms with Crippen molar-refractivity contribution in [1.29, 1.82) is 0 Å². The Morgan fingerprint density at radius 2 is 2.00 bits per heavy atom. The average Bonchev–Trinajstić information content (AvgIpc) is 2.89. The number of carbonyl (C=O) groups excluding carboxylic acids is 1. The second-order valence-electron chi connectivity index (χ2n) is 6.40. The molecule has 0 spiro atoms. The summed E-state index contributed by atoms with van der Waals surface area (Å²) in [6, 6.07) is 7.70. The summed E-state index contributed by atoms with van der Waals surface area (Å²) in [6.07, 6.45) is 0.603. The van der Waals surface area contributed by atoms with Crippen LogP contribution in [0.25, 0.3) is 0 Å². The summed E-state index contributed by atoms with van der Waals surface area (Å²) in [5.74, 6) is 1.16. The lowest BCUT2D eigenvalue weighted by atomic mass is 10.2. The molecule has 1 aromatic rings. The topological polar surface area (TPSA) is 66.9 Å². The lowest BCUT2D eigenvalue weighted by Gasteiger charge is -2.25. The largest absolute Gasteiger partial charge is 0.491 e. The fraction of sp³-hybridized carbons (Fsp3) is 0.588. The van der Waals surface area contributed by atoms with Crippen LogP contribution in [-0.2, 0) is 14.6 Å². The number of nitrogens with zero attached hydrogens (tertiary/aromatic N) is 2. The van der Waals surface area contributed by atoms with E-state index in [9.17, 15) is 13.2 Å². The van der Waals surface area contributed by atoms with Crippen molar-refractivity contribution in [2.24, 2.45) is 0 Å². The van der Waals surface area contributed by atoms with Gasteiger partial charge in [0.05, 0.1) is 24.6 Å². The van der Waals surface area contributed by atoms with E-state index >= 15 is 0 Å². The van der Waals surface area contributed by atoms with E-state index in [0.29, 0.717) is 19.6 Å².